The maximum absolute atomic E-state index is 12.3. The summed E-state index contributed by atoms with van der Waals surface area (Å²) in [6, 6.07) is 10.5. The van der Waals surface area contributed by atoms with E-state index in [4.69, 9.17) is 9.47 Å². The number of nitrogens with one attached hydrogen (secondary N) is 1. The smallest absolute Gasteiger partial charge is 0.256 e. The van der Waals surface area contributed by atoms with E-state index in [0.717, 1.165) is 12.8 Å². The molecule has 0 aliphatic heterocycles. The molecule has 0 bridgehead atoms. The molecule has 1 amide bonds. The molecule has 1 aromatic heterocycles. The van der Waals surface area contributed by atoms with Gasteiger partial charge in [0.2, 0.25) is 0 Å². The van der Waals surface area contributed by atoms with Gasteiger partial charge in [-0.05, 0) is 36.8 Å². The molecule has 1 aromatic carbocycles. The molecular formula is C19H24N2O3. The summed E-state index contributed by atoms with van der Waals surface area (Å²) in [6.07, 6.45) is 6.21. The Hall–Kier alpha value is -2.56. The average molecular weight is 328 g/mol. The van der Waals surface area contributed by atoms with Gasteiger partial charge in [-0.25, -0.2) is 4.98 Å². The van der Waals surface area contributed by atoms with Crippen LogP contribution in [0.4, 0.5) is 5.82 Å². The maximum atomic E-state index is 12.3. The third kappa shape index (κ3) is 5.26. The van der Waals surface area contributed by atoms with E-state index in [1.807, 2.05) is 6.07 Å². The van der Waals surface area contributed by atoms with Crippen molar-refractivity contribution >= 4 is 11.7 Å². The van der Waals surface area contributed by atoms with Crippen molar-refractivity contribution in [3.05, 3.63) is 48.2 Å². The summed E-state index contributed by atoms with van der Waals surface area (Å²) in [5.74, 6) is 1.49. The topological polar surface area (TPSA) is 60.5 Å². The number of benzene rings is 1. The van der Waals surface area contributed by atoms with Gasteiger partial charge in [0, 0.05) is 11.8 Å². The van der Waals surface area contributed by atoms with E-state index in [9.17, 15) is 4.79 Å². The lowest BCUT2D eigenvalue weighted by Crippen LogP contribution is -2.13. The Labute approximate surface area is 143 Å². The molecule has 1 heterocycles. The van der Waals surface area contributed by atoms with Crippen LogP contribution in [-0.2, 0) is 0 Å². The molecule has 0 saturated heterocycles. The van der Waals surface area contributed by atoms with Crippen LogP contribution in [0.2, 0.25) is 0 Å². The van der Waals surface area contributed by atoms with Gasteiger partial charge in [0.25, 0.3) is 5.91 Å². The molecule has 0 aliphatic carbocycles. The highest BCUT2D eigenvalue weighted by atomic mass is 16.5. The number of rotatable bonds is 9. The highest BCUT2D eigenvalue weighted by molar-refractivity contribution is 6.04. The monoisotopic (exact) mass is 328 g/mol. The number of amides is 1. The van der Waals surface area contributed by atoms with Crippen molar-refractivity contribution in [3.8, 4) is 11.5 Å². The number of carbonyl (C=O) groups excluding carboxylic acids is 1. The molecule has 128 valence electrons. The van der Waals surface area contributed by atoms with Gasteiger partial charge in [-0.15, -0.1) is 0 Å². The van der Waals surface area contributed by atoms with Crippen LogP contribution in [0.25, 0.3) is 0 Å². The number of aromatic nitrogens is 1. The van der Waals surface area contributed by atoms with E-state index in [0.29, 0.717) is 29.5 Å². The van der Waals surface area contributed by atoms with Crippen molar-refractivity contribution in [2.75, 3.05) is 19.0 Å². The Morgan fingerprint density at radius 3 is 2.71 bits per heavy atom. The van der Waals surface area contributed by atoms with Crippen LogP contribution in [0.3, 0.4) is 0 Å². The number of pyridine rings is 1. The third-order valence-electron chi connectivity index (χ3n) is 3.59. The van der Waals surface area contributed by atoms with Gasteiger partial charge in [0.05, 0.1) is 13.7 Å². The molecule has 2 rings (SSSR count). The first-order valence-corrected chi connectivity index (χ1v) is 8.27. The molecule has 24 heavy (non-hydrogen) atoms. The van der Waals surface area contributed by atoms with E-state index in [1.54, 1.807) is 43.6 Å². The quantitative estimate of drug-likeness (QED) is 0.697. The summed E-state index contributed by atoms with van der Waals surface area (Å²) in [5.41, 5.74) is 0.496. The van der Waals surface area contributed by atoms with E-state index in [1.165, 1.54) is 12.8 Å². The number of hydrogen-bond donors (Lipinski definition) is 1. The van der Waals surface area contributed by atoms with Gasteiger partial charge in [0.1, 0.15) is 5.82 Å². The van der Waals surface area contributed by atoms with Crippen LogP contribution in [0.1, 0.15) is 43.0 Å². The molecule has 2 aromatic rings. The second-order valence-corrected chi connectivity index (χ2v) is 5.44. The lowest BCUT2D eigenvalue weighted by Gasteiger charge is -2.12. The predicted molar refractivity (Wildman–Crippen MR) is 94.8 cm³/mol. The minimum atomic E-state index is -0.235. The summed E-state index contributed by atoms with van der Waals surface area (Å²) >= 11 is 0. The molecular weight excluding hydrogens is 304 g/mol. The highest BCUT2D eigenvalue weighted by Crippen LogP contribution is 2.28. The van der Waals surface area contributed by atoms with Crippen LogP contribution >= 0.6 is 0 Å². The maximum Gasteiger partial charge on any atom is 0.256 e. The lowest BCUT2D eigenvalue weighted by atomic mass is 10.2. The largest absolute Gasteiger partial charge is 0.493 e. The fraction of sp³-hybridized carbons (Fsp3) is 0.368. The fourth-order valence-electron chi connectivity index (χ4n) is 2.26. The Kier molecular flexibility index (Phi) is 7.08. The van der Waals surface area contributed by atoms with Crippen LogP contribution in [0, 0.1) is 0 Å². The number of carbonyl (C=O) groups is 1. The minimum absolute atomic E-state index is 0.235. The number of methoxy groups -OCH3 is 1. The molecule has 0 atom stereocenters. The van der Waals surface area contributed by atoms with E-state index < -0.39 is 0 Å². The normalized spacial score (nSPS) is 10.2. The zero-order valence-corrected chi connectivity index (χ0v) is 14.2. The van der Waals surface area contributed by atoms with E-state index in [2.05, 4.69) is 17.2 Å². The minimum Gasteiger partial charge on any atom is -0.493 e. The number of anilines is 1. The predicted octanol–water partition coefficient (Wildman–Crippen LogP) is 4.30. The zero-order chi connectivity index (χ0) is 17.2. The standard InChI is InChI=1S/C19H24N2O3/c1-3-4-5-8-13-24-16-11-10-15(14-17(16)23-2)19(22)21-18-9-6-7-12-20-18/h6-7,9-12,14H,3-5,8,13H2,1-2H3,(H,20,21,22). The molecule has 0 fully saturated rings. The van der Waals surface area contributed by atoms with Crippen molar-refractivity contribution in [2.24, 2.45) is 0 Å². The molecule has 0 radical (unpaired) electrons. The van der Waals surface area contributed by atoms with Crippen LogP contribution in [-0.4, -0.2) is 24.6 Å². The van der Waals surface area contributed by atoms with Crippen molar-refractivity contribution in [2.45, 2.75) is 32.6 Å². The van der Waals surface area contributed by atoms with Gasteiger partial charge >= 0.3 is 0 Å². The zero-order valence-electron chi connectivity index (χ0n) is 14.2. The Morgan fingerprint density at radius 1 is 1.12 bits per heavy atom. The number of unbranched alkanes of at least 4 members (excludes halogenated alkanes) is 3. The van der Waals surface area contributed by atoms with Crippen molar-refractivity contribution in [1.82, 2.24) is 4.98 Å². The molecule has 0 saturated carbocycles. The molecule has 1 N–H and O–H groups in total. The Morgan fingerprint density at radius 2 is 2.00 bits per heavy atom. The summed E-state index contributed by atoms with van der Waals surface area (Å²) in [7, 11) is 1.57. The summed E-state index contributed by atoms with van der Waals surface area (Å²) in [6.45, 7) is 2.83. The van der Waals surface area contributed by atoms with Gasteiger partial charge in [-0.2, -0.15) is 0 Å². The summed E-state index contributed by atoms with van der Waals surface area (Å²) in [4.78, 5) is 16.4. The van der Waals surface area contributed by atoms with Gasteiger partial charge in [0.15, 0.2) is 11.5 Å². The SMILES string of the molecule is CCCCCCOc1ccc(C(=O)Nc2ccccn2)cc1OC. The molecule has 5 nitrogen and oxygen atoms in total. The van der Waals surface area contributed by atoms with Crippen LogP contribution < -0.4 is 14.8 Å². The van der Waals surface area contributed by atoms with Crippen molar-refractivity contribution in [1.29, 1.82) is 0 Å². The van der Waals surface area contributed by atoms with E-state index >= 15 is 0 Å². The van der Waals surface area contributed by atoms with Gasteiger partial charge in [-0.1, -0.05) is 32.3 Å². The first kappa shape index (κ1) is 17.8. The first-order valence-electron chi connectivity index (χ1n) is 8.27. The van der Waals surface area contributed by atoms with Crippen LogP contribution in [0.15, 0.2) is 42.6 Å². The van der Waals surface area contributed by atoms with Crippen molar-refractivity contribution < 1.29 is 14.3 Å². The Bertz CT molecular complexity index is 644. The molecule has 0 aliphatic rings. The number of ether oxygens (including phenoxy) is 2. The third-order valence-corrected chi connectivity index (χ3v) is 3.59. The average Bonchev–Trinajstić information content (AvgIpc) is 2.62. The molecule has 0 spiro atoms. The molecule has 0 unspecified atom stereocenters. The summed E-state index contributed by atoms with van der Waals surface area (Å²) < 4.78 is 11.1. The Balaban J connectivity index is 1.98. The van der Waals surface area contributed by atoms with Gasteiger partial charge < -0.3 is 14.8 Å². The second kappa shape index (κ2) is 9.55. The number of hydrogen-bond acceptors (Lipinski definition) is 4. The van der Waals surface area contributed by atoms with Crippen molar-refractivity contribution in [3.63, 3.8) is 0 Å². The van der Waals surface area contributed by atoms with E-state index in [-0.39, 0.29) is 5.91 Å². The first-order chi connectivity index (χ1) is 11.7. The lowest BCUT2D eigenvalue weighted by molar-refractivity contribution is 0.102. The summed E-state index contributed by atoms with van der Waals surface area (Å²) in [5, 5.41) is 2.75. The highest BCUT2D eigenvalue weighted by Gasteiger charge is 2.11. The molecule has 5 heteroatoms. The van der Waals surface area contributed by atoms with Gasteiger partial charge in [-0.3, -0.25) is 4.79 Å². The number of nitrogens with zero attached hydrogens (tertiary/aromatic N) is 1. The fourth-order valence-corrected chi connectivity index (χ4v) is 2.26. The van der Waals surface area contributed by atoms with Crippen LogP contribution in [0.5, 0.6) is 11.5 Å². The second-order valence-electron chi connectivity index (χ2n) is 5.44.